The van der Waals surface area contributed by atoms with Gasteiger partial charge < -0.3 is 5.32 Å². The molecule has 1 N–H and O–H groups in total. The Labute approximate surface area is 134 Å². The van der Waals surface area contributed by atoms with Gasteiger partial charge in [-0.25, -0.2) is 0 Å². The molecule has 3 rings (SSSR count). The van der Waals surface area contributed by atoms with E-state index in [1.807, 2.05) is 66.7 Å². The second-order valence-electron chi connectivity index (χ2n) is 5.21. The van der Waals surface area contributed by atoms with Crippen LogP contribution in [-0.4, -0.2) is 4.92 Å². The molecule has 0 spiro atoms. The molecule has 3 aromatic rings. The van der Waals surface area contributed by atoms with E-state index in [0.717, 1.165) is 16.8 Å². The summed E-state index contributed by atoms with van der Waals surface area (Å²) in [6.07, 6.45) is 0. The molecule has 4 nitrogen and oxygen atoms in total. The van der Waals surface area contributed by atoms with Gasteiger partial charge in [-0.1, -0.05) is 60.7 Å². The highest BCUT2D eigenvalue weighted by molar-refractivity contribution is 5.50. The van der Waals surface area contributed by atoms with Crippen LogP contribution in [0.2, 0.25) is 0 Å². The lowest BCUT2D eigenvalue weighted by atomic mass is 9.98. The first kappa shape index (κ1) is 14.8. The maximum atomic E-state index is 11.1. The number of para-hydroxylation sites is 1. The second kappa shape index (κ2) is 6.75. The fourth-order valence-electron chi connectivity index (χ4n) is 2.52. The van der Waals surface area contributed by atoms with Crippen molar-refractivity contribution in [3.05, 3.63) is 106 Å². The zero-order valence-electron chi connectivity index (χ0n) is 12.4. The Morgan fingerprint density at radius 3 is 2.04 bits per heavy atom. The average molecular weight is 304 g/mol. The number of non-ortho nitro benzene ring substituents is 1. The molecule has 0 fully saturated rings. The lowest BCUT2D eigenvalue weighted by Crippen LogP contribution is -2.12. The molecule has 0 saturated heterocycles. The fourth-order valence-corrected chi connectivity index (χ4v) is 2.52. The standard InChI is InChI=1S/C19H16N2O2/c22-21(23)18-13-7-10-16(14-18)19(15-8-3-1-4-9-15)20-17-11-5-2-6-12-17/h1-14,19-20H. The van der Waals surface area contributed by atoms with E-state index in [1.165, 1.54) is 6.07 Å². The first-order chi connectivity index (χ1) is 11.2. The van der Waals surface area contributed by atoms with E-state index in [9.17, 15) is 10.1 Å². The van der Waals surface area contributed by atoms with Crippen LogP contribution in [0.1, 0.15) is 17.2 Å². The number of nitrogens with one attached hydrogen (secondary N) is 1. The largest absolute Gasteiger partial charge is 0.374 e. The zero-order chi connectivity index (χ0) is 16.1. The summed E-state index contributed by atoms with van der Waals surface area (Å²) >= 11 is 0. The number of hydrogen-bond donors (Lipinski definition) is 1. The molecule has 0 aromatic heterocycles. The van der Waals surface area contributed by atoms with Crippen molar-refractivity contribution >= 4 is 11.4 Å². The molecule has 0 aliphatic heterocycles. The first-order valence-electron chi connectivity index (χ1n) is 7.35. The van der Waals surface area contributed by atoms with Crippen molar-refractivity contribution in [1.29, 1.82) is 0 Å². The number of nitro groups is 1. The zero-order valence-corrected chi connectivity index (χ0v) is 12.4. The van der Waals surface area contributed by atoms with Crippen molar-refractivity contribution in [2.45, 2.75) is 6.04 Å². The Hall–Kier alpha value is -3.14. The predicted octanol–water partition coefficient (Wildman–Crippen LogP) is 4.80. The van der Waals surface area contributed by atoms with E-state index < -0.39 is 0 Å². The summed E-state index contributed by atoms with van der Waals surface area (Å²) in [7, 11) is 0. The summed E-state index contributed by atoms with van der Waals surface area (Å²) in [5.74, 6) is 0. The molecule has 0 aliphatic carbocycles. The van der Waals surface area contributed by atoms with Gasteiger partial charge in [0.1, 0.15) is 0 Å². The van der Waals surface area contributed by atoms with Crippen molar-refractivity contribution in [1.82, 2.24) is 0 Å². The van der Waals surface area contributed by atoms with Gasteiger partial charge in [-0.15, -0.1) is 0 Å². The number of benzene rings is 3. The van der Waals surface area contributed by atoms with Crippen LogP contribution in [0.3, 0.4) is 0 Å². The van der Waals surface area contributed by atoms with Crippen molar-refractivity contribution in [3.63, 3.8) is 0 Å². The summed E-state index contributed by atoms with van der Waals surface area (Å²) in [6, 6.07) is 26.3. The maximum absolute atomic E-state index is 11.1. The SMILES string of the molecule is O=[N+]([O-])c1cccc(C(Nc2ccccc2)c2ccccc2)c1. The normalized spacial score (nSPS) is 11.7. The lowest BCUT2D eigenvalue weighted by Gasteiger charge is -2.21. The summed E-state index contributed by atoms with van der Waals surface area (Å²) in [5, 5.41) is 14.5. The van der Waals surface area contributed by atoms with Crippen LogP contribution in [-0.2, 0) is 0 Å². The molecule has 0 heterocycles. The van der Waals surface area contributed by atoms with Crippen LogP contribution in [0.4, 0.5) is 11.4 Å². The minimum Gasteiger partial charge on any atom is -0.374 e. The van der Waals surface area contributed by atoms with Crippen LogP contribution in [0.25, 0.3) is 0 Å². The van der Waals surface area contributed by atoms with E-state index in [1.54, 1.807) is 12.1 Å². The molecular formula is C19H16N2O2. The highest BCUT2D eigenvalue weighted by atomic mass is 16.6. The van der Waals surface area contributed by atoms with Gasteiger partial charge >= 0.3 is 0 Å². The molecule has 1 atom stereocenters. The molecule has 1 unspecified atom stereocenters. The molecule has 114 valence electrons. The number of nitro benzene ring substituents is 1. The van der Waals surface area contributed by atoms with E-state index in [2.05, 4.69) is 5.32 Å². The highest BCUT2D eigenvalue weighted by Crippen LogP contribution is 2.28. The summed E-state index contributed by atoms with van der Waals surface area (Å²) in [5.41, 5.74) is 2.97. The maximum Gasteiger partial charge on any atom is 0.269 e. The molecule has 23 heavy (non-hydrogen) atoms. The average Bonchev–Trinajstić information content (AvgIpc) is 2.61. The van der Waals surface area contributed by atoms with Gasteiger partial charge in [0.2, 0.25) is 0 Å². The quantitative estimate of drug-likeness (QED) is 0.544. The minimum absolute atomic E-state index is 0.0956. The number of anilines is 1. The van der Waals surface area contributed by atoms with Gasteiger partial charge in [0.15, 0.2) is 0 Å². The first-order valence-corrected chi connectivity index (χ1v) is 7.35. The summed E-state index contributed by atoms with van der Waals surface area (Å²) in [6.45, 7) is 0. The summed E-state index contributed by atoms with van der Waals surface area (Å²) in [4.78, 5) is 10.7. The van der Waals surface area contributed by atoms with Gasteiger partial charge in [0, 0.05) is 17.8 Å². The van der Waals surface area contributed by atoms with Crippen molar-refractivity contribution in [2.75, 3.05) is 5.32 Å². The molecule has 4 heteroatoms. The molecular weight excluding hydrogens is 288 g/mol. The minimum atomic E-state index is -0.367. The lowest BCUT2D eigenvalue weighted by molar-refractivity contribution is -0.384. The van der Waals surface area contributed by atoms with Crippen LogP contribution in [0.15, 0.2) is 84.9 Å². The van der Waals surface area contributed by atoms with Crippen molar-refractivity contribution < 1.29 is 4.92 Å². The molecule has 0 radical (unpaired) electrons. The Kier molecular flexibility index (Phi) is 4.34. The highest BCUT2D eigenvalue weighted by Gasteiger charge is 2.16. The number of nitrogens with zero attached hydrogens (tertiary/aromatic N) is 1. The van der Waals surface area contributed by atoms with E-state index >= 15 is 0 Å². The molecule has 0 bridgehead atoms. The third-order valence-corrected chi connectivity index (χ3v) is 3.63. The smallest absolute Gasteiger partial charge is 0.269 e. The van der Waals surface area contributed by atoms with Crippen LogP contribution in [0.5, 0.6) is 0 Å². The van der Waals surface area contributed by atoms with Crippen LogP contribution in [0, 0.1) is 10.1 Å². The number of rotatable bonds is 5. The van der Waals surface area contributed by atoms with Crippen molar-refractivity contribution in [3.8, 4) is 0 Å². The Bertz CT molecular complexity index is 789. The molecule has 0 aliphatic rings. The van der Waals surface area contributed by atoms with Crippen LogP contribution < -0.4 is 5.32 Å². The third-order valence-electron chi connectivity index (χ3n) is 3.63. The van der Waals surface area contributed by atoms with Gasteiger partial charge in [0.25, 0.3) is 5.69 Å². The topological polar surface area (TPSA) is 55.2 Å². The van der Waals surface area contributed by atoms with E-state index in [-0.39, 0.29) is 16.7 Å². The third kappa shape index (κ3) is 3.55. The monoisotopic (exact) mass is 304 g/mol. The van der Waals surface area contributed by atoms with E-state index in [4.69, 9.17) is 0 Å². The van der Waals surface area contributed by atoms with Crippen molar-refractivity contribution in [2.24, 2.45) is 0 Å². The molecule has 0 amide bonds. The van der Waals surface area contributed by atoms with Gasteiger partial charge in [0.05, 0.1) is 11.0 Å². The van der Waals surface area contributed by atoms with Gasteiger partial charge in [-0.05, 0) is 23.3 Å². The fraction of sp³-hybridized carbons (Fsp3) is 0.0526. The second-order valence-corrected chi connectivity index (χ2v) is 5.21. The Balaban J connectivity index is 2.01. The van der Waals surface area contributed by atoms with Gasteiger partial charge in [-0.3, -0.25) is 10.1 Å². The van der Waals surface area contributed by atoms with E-state index in [0.29, 0.717) is 0 Å². The molecule has 0 saturated carbocycles. The predicted molar refractivity (Wildman–Crippen MR) is 91.4 cm³/mol. The summed E-state index contributed by atoms with van der Waals surface area (Å²) < 4.78 is 0. The van der Waals surface area contributed by atoms with Gasteiger partial charge in [-0.2, -0.15) is 0 Å². The number of hydrogen-bond acceptors (Lipinski definition) is 3. The molecule has 3 aromatic carbocycles. The van der Waals surface area contributed by atoms with Crippen LogP contribution >= 0.6 is 0 Å². The Morgan fingerprint density at radius 2 is 1.39 bits per heavy atom. The Morgan fingerprint density at radius 1 is 0.783 bits per heavy atom.